The first-order valence-electron chi connectivity index (χ1n) is 13.1. The van der Waals surface area contributed by atoms with Gasteiger partial charge in [0.1, 0.15) is 40.4 Å². The number of ether oxygens (including phenoxy) is 4. The quantitative estimate of drug-likeness (QED) is 0.160. The molecular formula is C31H15F11O4. The number of benzene rings is 4. The molecule has 0 amide bonds. The summed E-state index contributed by atoms with van der Waals surface area (Å²) >= 11 is 0. The van der Waals surface area contributed by atoms with E-state index in [1.807, 2.05) is 0 Å². The van der Waals surface area contributed by atoms with Crippen molar-refractivity contribution in [2.45, 2.75) is 18.3 Å². The zero-order valence-electron chi connectivity index (χ0n) is 22.6. The van der Waals surface area contributed by atoms with E-state index in [0.29, 0.717) is 50.0 Å². The summed E-state index contributed by atoms with van der Waals surface area (Å²) in [6, 6.07) is 5.07. The summed E-state index contributed by atoms with van der Waals surface area (Å²) in [5.74, 6) is -11.0. The number of fused-ring (bicyclic) bond motifs is 4. The fourth-order valence-corrected chi connectivity index (χ4v) is 5.04. The number of rotatable bonds is 5. The largest absolute Gasteiger partial charge is 0.458 e. The molecule has 0 aliphatic carbocycles. The van der Waals surface area contributed by atoms with Crippen molar-refractivity contribution in [3.05, 3.63) is 100 Å². The van der Waals surface area contributed by atoms with E-state index in [4.69, 9.17) is 14.2 Å². The SMILES string of the molecule is Fc1cc(C23OCC(CO2)CO3)ccc1-c1cc(F)c(C(F)(F)Oc2cc(F)c3c(F)c(C#CC(F)(F)F)c(F)cc3c2)c(F)c1. The fraction of sp³-hybridized carbons (Fsp3) is 0.226. The number of alkyl halides is 5. The van der Waals surface area contributed by atoms with Gasteiger partial charge in [-0.25, -0.2) is 26.3 Å². The van der Waals surface area contributed by atoms with Crippen molar-refractivity contribution in [2.24, 2.45) is 5.92 Å². The lowest BCUT2D eigenvalue weighted by molar-refractivity contribution is -0.460. The van der Waals surface area contributed by atoms with Gasteiger partial charge in [0.2, 0.25) is 0 Å². The van der Waals surface area contributed by atoms with Crippen molar-refractivity contribution in [3.8, 4) is 28.7 Å². The maximum Gasteiger partial charge on any atom is 0.458 e. The molecule has 0 saturated carbocycles. The van der Waals surface area contributed by atoms with Crippen LogP contribution in [0.25, 0.3) is 21.9 Å². The van der Waals surface area contributed by atoms with Crippen molar-refractivity contribution >= 4 is 10.8 Å². The van der Waals surface area contributed by atoms with E-state index < -0.39 is 91.9 Å². The predicted octanol–water partition coefficient (Wildman–Crippen LogP) is 8.19. The summed E-state index contributed by atoms with van der Waals surface area (Å²) in [5.41, 5.74) is -4.17. The molecule has 15 heteroatoms. The molecule has 46 heavy (non-hydrogen) atoms. The van der Waals surface area contributed by atoms with Gasteiger partial charge in [0.25, 0.3) is 0 Å². The molecule has 4 aromatic carbocycles. The second-order valence-corrected chi connectivity index (χ2v) is 10.3. The van der Waals surface area contributed by atoms with Crippen molar-refractivity contribution in [1.29, 1.82) is 0 Å². The third kappa shape index (κ3) is 5.72. The van der Waals surface area contributed by atoms with E-state index in [-0.39, 0.29) is 17.5 Å². The van der Waals surface area contributed by atoms with Gasteiger partial charge in [0, 0.05) is 29.0 Å². The Morgan fingerprint density at radius 1 is 0.717 bits per heavy atom. The zero-order chi connectivity index (χ0) is 33.2. The Hall–Kier alpha value is -4.39. The van der Waals surface area contributed by atoms with Crippen molar-refractivity contribution in [1.82, 2.24) is 0 Å². The summed E-state index contributed by atoms with van der Waals surface area (Å²) in [7, 11) is 0. The predicted molar refractivity (Wildman–Crippen MR) is 136 cm³/mol. The summed E-state index contributed by atoms with van der Waals surface area (Å²) in [6.07, 6.45) is -10.00. The molecule has 7 rings (SSSR count). The van der Waals surface area contributed by atoms with Gasteiger partial charge in [0.15, 0.2) is 5.82 Å². The van der Waals surface area contributed by atoms with Crippen LogP contribution >= 0.6 is 0 Å². The van der Waals surface area contributed by atoms with Gasteiger partial charge in [-0.15, -0.1) is 0 Å². The Kier molecular flexibility index (Phi) is 7.65. The molecule has 3 fully saturated rings. The summed E-state index contributed by atoms with van der Waals surface area (Å²) in [5, 5.41) is -1.89. The topological polar surface area (TPSA) is 36.9 Å². The lowest BCUT2D eigenvalue weighted by Gasteiger charge is -2.45. The van der Waals surface area contributed by atoms with Crippen LogP contribution in [0.5, 0.6) is 5.75 Å². The third-order valence-corrected chi connectivity index (χ3v) is 7.12. The highest BCUT2D eigenvalue weighted by molar-refractivity contribution is 5.87. The average molecular weight is 660 g/mol. The molecule has 3 heterocycles. The standard InChI is InChI=1S/C31H15F11O4/c32-21-8-16-5-18(10-23(34)26(16)28(37)20(21)3-4-29(38,39)40)46-30(41,42)27-24(35)6-15(7-25(27)36)19-2-1-17(9-22(19)33)31-43-11-14(12-44-31)13-45-31/h1-2,5-10,14H,11-13H2. The van der Waals surface area contributed by atoms with Crippen molar-refractivity contribution in [3.63, 3.8) is 0 Å². The average Bonchev–Trinajstić information content (AvgIpc) is 2.96. The molecule has 0 unspecified atom stereocenters. The summed E-state index contributed by atoms with van der Waals surface area (Å²) < 4.78 is 177. The number of hydrogen-bond donors (Lipinski definition) is 0. The highest BCUT2D eigenvalue weighted by atomic mass is 19.4. The third-order valence-electron chi connectivity index (χ3n) is 7.12. The number of hydrogen-bond acceptors (Lipinski definition) is 4. The minimum Gasteiger partial charge on any atom is -0.429 e. The molecule has 2 bridgehead atoms. The van der Waals surface area contributed by atoms with Crippen LogP contribution in [0.1, 0.15) is 16.7 Å². The molecule has 0 radical (unpaired) electrons. The van der Waals surface area contributed by atoms with Crippen LogP contribution in [0.2, 0.25) is 0 Å². The molecule has 4 aromatic rings. The molecule has 0 atom stereocenters. The summed E-state index contributed by atoms with van der Waals surface area (Å²) in [4.78, 5) is 0. The molecule has 3 aliphatic rings. The van der Waals surface area contributed by atoms with Gasteiger partial charge in [-0.3, -0.25) is 0 Å². The Labute approximate surface area is 251 Å². The Bertz CT molecular complexity index is 1900. The van der Waals surface area contributed by atoms with E-state index >= 15 is 22.0 Å². The fourth-order valence-electron chi connectivity index (χ4n) is 5.04. The first-order chi connectivity index (χ1) is 21.6. The number of halogens is 11. The lowest BCUT2D eigenvalue weighted by Crippen LogP contribution is -2.51. The second kappa shape index (κ2) is 11.1. The van der Waals surface area contributed by atoms with E-state index in [0.717, 1.165) is 12.1 Å². The van der Waals surface area contributed by atoms with Gasteiger partial charge in [-0.05, 0) is 41.3 Å². The smallest absolute Gasteiger partial charge is 0.429 e. The molecule has 0 aromatic heterocycles. The van der Waals surface area contributed by atoms with E-state index in [1.54, 1.807) is 0 Å². The van der Waals surface area contributed by atoms with Gasteiger partial charge < -0.3 is 18.9 Å². The van der Waals surface area contributed by atoms with Crippen LogP contribution in [-0.4, -0.2) is 26.0 Å². The molecule has 3 saturated heterocycles. The highest BCUT2D eigenvalue weighted by Gasteiger charge is 2.47. The molecule has 3 aliphatic heterocycles. The molecule has 4 nitrogen and oxygen atoms in total. The highest BCUT2D eigenvalue weighted by Crippen LogP contribution is 2.42. The first-order valence-corrected chi connectivity index (χ1v) is 13.1. The molecule has 0 N–H and O–H groups in total. The van der Waals surface area contributed by atoms with Crippen LogP contribution in [0.3, 0.4) is 0 Å². The van der Waals surface area contributed by atoms with Gasteiger partial charge in [-0.2, -0.15) is 22.0 Å². The second-order valence-electron chi connectivity index (χ2n) is 10.3. The van der Waals surface area contributed by atoms with Crippen LogP contribution in [0.4, 0.5) is 48.3 Å². The molecule has 0 spiro atoms. The summed E-state index contributed by atoms with van der Waals surface area (Å²) in [6.45, 7) is 0.871. The van der Waals surface area contributed by atoms with Crippen LogP contribution in [0, 0.1) is 52.7 Å². The van der Waals surface area contributed by atoms with E-state index in [2.05, 4.69) is 4.74 Å². The normalized spacial score (nSPS) is 19.7. The van der Waals surface area contributed by atoms with E-state index in [1.165, 1.54) is 12.0 Å². The lowest BCUT2D eigenvalue weighted by atomic mass is 9.99. The van der Waals surface area contributed by atoms with Crippen molar-refractivity contribution < 1.29 is 67.2 Å². The zero-order valence-corrected chi connectivity index (χ0v) is 22.6. The van der Waals surface area contributed by atoms with Crippen LogP contribution in [0.15, 0.2) is 48.5 Å². The van der Waals surface area contributed by atoms with E-state index in [9.17, 15) is 26.3 Å². The Morgan fingerprint density at radius 3 is 1.93 bits per heavy atom. The first kappa shape index (κ1) is 31.6. The van der Waals surface area contributed by atoms with Crippen LogP contribution < -0.4 is 4.74 Å². The maximum atomic E-state index is 15.1. The van der Waals surface area contributed by atoms with Gasteiger partial charge in [-0.1, -0.05) is 18.1 Å². The van der Waals surface area contributed by atoms with Gasteiger partial charge >= 0.3 is 18.3 Å². The minimum absolute atomic E-state index is 0.00642. The molecular weight excluding hydrogens is 645 g/mol. The van der Waals surface area contributed by atoms with Crippen molar-refractivity contribution in [2.75, 3.05) is 19.8 Å². The Balaban J connectivity index is 1.30. The maximum absolute atomic E-state index is 15.1. The molecule has 240 valence electrons. The van der Waals surface area contributed by atoms with Gasteiger partial charge in [0.05, 0.1) is 30.8 Å². The minimum atomic E-state index is -5.13. The Morgan fingerprint density at radius 2 is 1.35 bits per heavy atom. The monoisotopic (exact) mass is 660 g/mol. The van der Waals surface area contributed by atoms with Crippen LogP contribution in [-0.2, 0) is 26.3 Å².